The summed E-state index contributed by atoms with van der Waals surface area (Å²) in [7, 11) is 1.59. The first kappa shape index (κ1) is 20.6. The highest BCUT2D eigenvalue weighted by Gasteiger charge is 2.23. The highest BCUT2D eigenvalue weighted by molar-refractivity contribution is 5.92. The van der Waals surface area contributed by atoms with Crippen molar-refractivity contribution in [3.8, 4) is 5.75 Å². The number of carbonyl (C=O) groups excluding carboxylic acids is 2. The number of methoxy groups -OCH3 is 1. The molecular formula is C22H26FN3O3. The summed E-state index contributed by atoms with van der Waals surface area (Å²) in [6.07, 6.45) is 0.241. The average Bonchev–Trinajstić information content (AvgIpc) is 2.74. The Morgan fingerprint density at radius 2 is 1.69 bits per heavy atom. The van der Waals surface area contributed by atoms with E-state index in [0.717, 1.165) is 5.69 Å². The van der Waals surface area contributed by atoms with Gasteiger partial charge in [0, 0.05) is 51.8 Å². The lowest BCUT2D eigenvalue weighted by Crippen LogP contribution is -2.49. The molecule has 0 N–H and O–H groups in total. The predicted octanol–water partition coefficient (Wildman–Crippen LogP) is 2.93. The standard InChI is InChI=1S/C22H26FN3O3/c1-17(27)26(18-7-9-19(29-2)10-8-18)12-11-22(28)25-15-13-24(14-16-25)21-6-4-3-5-20(21)23/h3-10H,11-16H2,1-2H3. The minimum absolute atomic E-state index is 0.00190. The second-order valence-corrected chi connectivity index (χ2v) is 6.94. The van der Waals surface area contributed by atoms with Gasteiger partial charge in [0.15, 0.2) is 0 Å². The number of para-hydroxylation sites is 1. The average molecular weight is 399 g/mol. The van der Waals surface area contributed by atoms with Crippen LogP contribution in [0.15, 0.2) is 48.5 Å². The van der Waals surface area contributed by atoms with E-state index >= 15 is 0 Å². The number of carbonyl (C=O) groups is 2. The molecule has 7 heteroatoms. The van der Waals surface area contributed by atoms with Gasteiger partial charge in [0.25, 0.3) is 0 Å². The summed E-state index contributed by atoms with van der Waals surface area (Å²) in [6, 6.07) is 13.9. The Labute approximate surface area is 170 Å². The molecule has 29 heavy (non-hydrogen) atoms. The van der Waals surface area contributed by atoms with E-state index in [0.29, 0.717) is 44.2 Å². The third-order valence-corrected chi connectivity index (χ3v) is 5.14. The minimum atomic E-state index is -0.246. The summed E-state index contributed by atoms with van der Waals surface area (Å²) < 4.78 is 19.1. The van der Waals surface area contributed by atoms with Gasteiger partial charge in [0.2, 0.25) is 11.8 Å². The van der Waals surface area contributed by atoms with Crippen molar-refractivity contribution in [3.05, 3.63) is 54.3 Å². The zero-order valence-corrected chi connectivity index (χ0v) is 16.8. The van der Waals surface area contributed by atoms with Crippen LogP contribution in [0.5, 0.6) is 5.75 Å². The zero-order valence-electron chi connectivity index (χ0n) is 16.8. The van der Waals surface area contributed by atoms with Crippen LogP contribution in [0.4, 0.5) is 15.8 Å². The number of nitrogens with zero attached hydrogens (tertiary/aromatic N) is 3. The van der Waals surface area contributed by atoms with Gasteiger partial charge >= 0.3 is 0 Å². The van der Waals surface area contributed by atoms with Crippen molar-refractivity contribution < 1.29 is 18.7 Å². The lowest BCUT2D eigenvalue weighted by molar-refractivity contribution is -0.131. The van der Waals surface area contributed by atoms with Gasteiger partial charge in [-0.2, -0.15) is 0 Å². The molecule has 1 saturated heterocycles. The molecule has 0 atom stereocenters. The molecule has 0 spiro atoms. The third-order valence-electron chi connectivity index (χ3n) is 5.14. The van der Waals surface area contributed by atoms with Crippen LogP contribution in [0.2, 0.25) is 0 Å². The molecule has 6 nitrogen and oxygen atoms in total. The van der Waals surface area contributed by atoms with Crippen molar-refractivity contribution in [1.82, 2.24) is 4.90 Å². The Balaban J connectivity index is 1.54. The quantitative estimate of drug-likeness (QED) is 0.750. The van der Waals surface area contributed by atoms with Crippen molar-refractivity contribution in [3.63, 3.8) is 0 Å². The molecule has 3 rings (SSSR count). The molecule has 2 aromatic carbocycles. The summed E-state index contributed by atoms with van der Waals surface area (Å²) in [6.45, 7) is 4.05. The number of benzene rings is 2. The SMILES string of the molecule is COc1ccc(N(CCC(=O)N2CCN(c3ccccc3F)CC2)C(C)=O)cc1. The maximum absolute atomic E-state index is 14.0. The Bertz CT molecular complexity index is 849. The van der Waals surface area contributed by atoms with Crippen LogP contribution in [-0.2, 0) is 9.59 Å². The van der Waals surface area contributed by atoms with E-state index in [-0.39, 0.29) is 24.1 Å². The Kier molecular flexibility index (Phi) is 6.69. The first-order valence-electron chi connectivity index (χ1n) is 9.69. The molecule has 1 aliphatic heterocycles. The molecule has 1 heterocycles. The fraction of sp³-hybridized carbons (Fsp3) is 0.364. The molecule has 0 saturated carbocycles. The smallest absolute Gasteiger partial charge is 0.224 e. The van der Waals surface area contributed by atoms with E-state index in [1.165, 1.54) is 13.0 Å². The van der Waals surface area contributed by atoms with Gasteiger partial charge in [0.1, 0.15) is 11.6 Å². The van der Waals surface area contributed by atoms with E-state index < -0.39 is 0 Å². The summed E-state index contributed by atoms with van der Waals surface area (Å²) in [5, 5.41) is 0. The first-order chi connectivity index (χ1) is 14.0. The number of halogens is 1. The van der Waals surface area contributed by atoms with E-state index in [1.807, 2.05) is 11.0 Å². The van der Waals surface area contributed by atoms with E-state index in [1.54, 1.807) is 53.3 Å². The normalized spacial score (nSPS) is 13.9. The Morgan fingerprint density at radius 1 is 1.03 bits per heavy atom. The van der Waals surface area contributed by atoms with Gasteiger partial charge in [-0.05, 0) is 36.4 Å². The summed E-state index contributed by atoms with van der Waals surface area (Å²) in [4.78, 5) is 30.0. The van der Waals surface area contributed by atoms with Crippen molar-refractivity contribution in [2.24, 2.45) is 0 Å². The van der Waals surface area contributed by atoms with E-state index in [9.17, 15) is 14.0 Å². The number of ether oxygens (including phenoxy) is 1. The second-order valence-electron chi connectivity index (χ2n) is 6.94. The number of hydrogen-bond acceptors (Lipinski definition) is 4. The predicted molar refractivity (Wildman–Crippen MR) is 111 cm³/mol. The molecule has 2 aromatic rings. The van der Waals surface area contributed by atoms with Crippen LogP contribution in [0.1, 0.15) is 13.3 Å². The molecule has 0 aromatic heterocycles. The molecule has 2 amide bonds. The summed E-state index contributed by atoms with van der Waals surface area (Å²) in [5.41, 5.74) is 1.30. The number of piperazine rings is 1. The van der Waals surface area contributed by atoms with Gasteiger partial charge in [-0.25, -0.2) is 4.39 Å². The van der Waals surface area contributed by atoms with Crippen LogP contribution in [-0.4, -0.2) is 56.5 Å². The number of amides is 2. The third kappa shape index (κ3) is 5.04. The van der Waals surface area contributed by atoms with Crippen molar-refractivity contribution in [1.29, 1.82) is 0 Å². The fourth-order valence-electron chi connectivity index (χ4n) is 3.50. The maximum atomic E-state index is 14.0. The lowest BCUT2D eigenvalue weighted by atomic mass is 10.2. The summed E-state index contributed by atoms with van der Waals surface area (Å²) in [5.74, 6) is 0.343. The van der Waals surface area contributed by atoms with Gasteiger partial charge in [-0.1, -0.05) is 12.1 Å². The fourth-order valence-corrected chi connectivity index (χ4v) is 3.50. The second kappa shape index (κ2) is 9.41. The topological polar surface area (TPSA) is 53.1 Å². The van der Waals surface area contributed by atoms with Gasteiger partial charge in [-0.3, -0.25) is 9.59 Å². The molecule has 1 fully saturated rings. The highest BCUT2D eigenvalue weighted by atomic mass is 19.1. The Hall–Kier alpha value is -3.09. The highest BCUT2D eigenvalue weighted by Crippen LogP contribution is 2.22. The van der Waals surface area contributed by atoms with Crippen LogP contribution in [0.3, 0.4) is 0 Å². The van der Waals surface area contributed by atoms with Crippen molar-refractivity contribution in [2.45, 2.75) is 13.3 Å². The molecule has 1 aliphatic rings. The monoisotopic (exact) mass is 399 g/mol. The van der Waals surface area contributed by atoms with E-state index in [2.05, 4.69) is 0 Å². The van der Waals surface area contributed by atoms with Crippen LogP contribution < -0.4 is 14.5 Å². The van der Waals surface area contributed by atoms with Crippen LogP contribution in [0, 0.1) is 5.82 Å². The molecular weight excluding hydrogens is 373 g/mol. The van der Waals surface area contributed by atoms with Crippen LogP contribution >= 0.6 is 0 Å². The summed E-state index contributed by atoms with van der Waals surface area (Å²) >= 11 is 0. The van der Waals surface area contributed by atoms with Gasteiger partial charge in [0.05, 0.1) is 12.8 Å². The Morgan fingerprint density at radius 3 is 2.28 bits per heavy atom. The molecule has 0 bridgehead atoms. The van der Waals surface area contributed by atoms with E-state index in [4.69, 9.17) is 4.74 Å². The molecule has 0 aliphatic carbocycles. The number of anilines is 2. The van der Waals surface area contributed by atoms with Gasteiger partial charge < -0.3 is 19.4 Å². The molecule has 0 unspecified atom stereocenters. The zero-order chi connectivity index (χ0) is 20.8. The minimum Gasteiger partial charge on any atom is -0.497 e. The number of rotatable bonds is 6. The number of hydrogen-bond donors (Lipinski definition) is 0. The van der Waals surface area contributed by atoms with Crippen molar-refractivity contribution in [2.75, 3.05) is 49.6 Å². The largest absolute Gasteiger partial charge is 0.497 e. The van der Waals surface area contributed by atoms with Gasteiger partial charge in [-0.15, -0.1) is 0 Å². The lowest BCUT2D eigenvalue weighted by Gasteiger charge is -2.36. The van der Waals surface area contributed by atoms with Crippen LogP contribution in [0.25, 0.3) is 0 Å². The maximum Gasteiger partial charge on any atom is 0.224 e. The first-order valence-corrected chi connectivity index (χ1v) is 9.69. The molecule has 0 radical (unpaired) electrons. The molecule has 154 valence electrons. The van der Waals surface area contributed by atoms with Crippen molar-refractivity contribution >= 4 is 23.2 Å².